The molecule has 0 rings (SSSR count). The van der Waals surface area contributed by atoms with E-state index in [9.17, 15) is 26.4 Å². The van der Waals surface area contributed by atoms with Crippen LogP contribution in [0.25, 0.3) is 0 Å². The van der Waals surface area contributed by atoms with E-state index in [1.807, 2.05) is 0 Å². The summed E-state index contributed by atoms with van der Waals surface area (Å²) in [5.41, 5.74) is 0. The summed E-state index contributed by atoms with van der Waals surface area (Å²) in [6.45, 7) is -0.862. The molecule has 2 atom stereocenters. The van der Waals surface area contributed by atoms with Gasteiger partial charge in [-0.25, -0.2) is 0 Å². The molecular formula is C6H11F3N2O5S. The quantitative estimate of drug-likeness (QED) is 0.488. The molecule has 0 radical (unpaired) electrons. The van der Waals surface area contributed by atoms with Gasteiger partial charge in [0.2, 0.25) is 0 Å². The van der Waals surface area contributed by atoms with Gasteiger partial charge in [-0.2, -0.15) is 31.0 Å². The summed E-state index contributed by atoms with van der Waals surface area (Å²) in [5.74, 6) is -1.71. The van der Waals surface area contributed by atoms with Crippen LogP contribution in [-0.4, -0.2) is 49.5 Å². The van der Waals surface area contributed by atoms with Gasteiger partial charge in [0.25, 0.3) is 10.2 Å². The largest absolute Gasteiger partial charge is 0.480 e. The molecule has 0 heterocycles. The predicted molar refractivity (Wildman–Crippen MR) is 49.2 cm³/mol. The van der Waals surface area contributed by atoms with E-state index < -0.39 is 41.0 Å². The fourth-order valence-corrected chi connectivity index (χ4v) is 1.81. The number of alkyl halides is 3. The fraction of sp³-hybridized carbons (Fsp3) is 0.833. The Morgan fingerprint density at radius 1 is 1.41 bits per heavy atom. The number of hydrogen-bond donors (Lipinski definition) is 4. The zero-order valence-electron chi connectivity index (χ0n) is 8.52. The highest BCUT2D eigenvalue weighted by Crippen LogP contribution is 2.12. The third-order valence-electron chi connectivity index (χ3n) is 1.49. The molecule has 0 aromatic heterocycles. The van der Waals surface area contributed by atoms with Crippen LogP contribution in [0.1, 0.15) is 6.92 Å². The summed E-state index contributed by atoms with van der Waals surface area (Å²) in [5, 5.41) is 17.4. The Morgan fingerprint density at radius 3 is 2.18 bits per heavy atom. The maximum Gasteiger partial charge on any atom is 0.402 e. The molecule has 0 amide bonds. The average molecular weight is 280 g/mol. The van der Waals surface area contributed by atoms with E-state index in [0.717, 1.165) is 11.6 Å². The second-order valence-electron chi connectivity index (χ2n) is 3.11. The number of carbonyl (C=O) groups is 1. The van der Waals surface area contributed by atoms with E-state index >= 15 is 0 Å². The van der Waals surface area contributed by atoms with Crippen LogP contribution in [0.5, 0.6) is 0 Å². The van der Waals surface area contributed by atoms with Crippen molar-refractivity contribution in [3.63, 3.8) is 0 Å². The zero-order chi connectivity index (χ0) is 13.9. The molecule has 0 spiro atoms. The van der Waals surface area contributed by atoms with Crippen molar-refractivity contribution in [3.05, 3.63) is 0 Å². The molecule has 0 aromatic rings. The van der Waals surface area contributed by atoms with Crippen molar-refractivity contribution in [3.8, 4) is 0 Å². The summed E-state index contributed by atoms with van der Waals surface area (Å²) in [7, 11) is -4.66. The Labute approximate surface area is 94.8 Å². The van der Waals surface area contributed by atoms with Gasteiger partial charge < -0.3 is 10.2 Å². The molecule has 0 saturated carbocycles. The van der Waals surface area contributed by atoms with Crippen LogP contribution in [0.4, 0.5) is 13.2 Å². The van der Waals surface area contributed by atoms with Crippen LogP contribution >= 0.6 is 0 Å². The monoisotopic (exact) mass is 280 g/mol. The van der Waals surface area contributed by atoms with E-state index in [1.165, 1.54) is 4.72 Å². The summed E-state index contributed by atoms with van der Waals surface area (Å²) in [6, 6.07) is -1.93. The van der Waals surface area contributed by atoms with Gasteiger partial charge in [0.15, 0.2) is 0 Å². The third kappa shape index (κ3) is 7.10. The Hall–Kier alpha value is -0.910. The van der Waals surface area contributed by atoms with Gasteiger partial charge in [0, 0.05) is 0 Å². The smallest absolute Gasteiger partial charge is 0.402 e. The predicted octanol–water partition coefficient (Wildman–Crippen LogP) is -1.19. The molecule has 0 bridgehead atoms. The third-order valence-corrected chi connectivity index (χ3v) is 2.58. The summed E-state index contributed by atoms with van der Waals surface area (Å²) < 4.78 is 59.6. The Morgan fingerprint density at radius 2 is 1.88 bits per heavy atom. The number of rotatable bonds is 6. The van der Waals surface area contributed by atoms with Crippen molar-refractivity contribution in [2.75, 3.05) is 6.54 Å². The van der Waals surface area contributed by atoms with Crippen LogP contribution in [-0.2, 0) is 15.0 Å². The van der Waals surface area contributed by atoms with E-state index in [1.54, 1.807) is 0 Å². The first-order valence-corrected chi connectivity index (χ1v) is 5.67. The molecule has 0 aromatic carbocycles. The Kier molecular flexibility index (Phi) is 5.32. The molecule has 4 N–H and O–H groups in total. The van der Waals surface area contributed by atoms with Crippen molar-refractivity contribution in [2.24, 2.45) is 0 Å². The molecule has 17 heavy (non-hydrogen) atoms. The van der Waals surface area contributed by atoms with Crippen LogP contribution < -0.4 is 9.44 Å². The van der Waals surface area contributed by atoms with E-state index in [-0.39, 0.29) is 0 Å². The van der Waals surface area contributed by atoms with E-state index in [0.29, 0.717) is 0 Å². The fourth-order valence-electron chi connectivity index (χ4n) is 0.741. The number of carboxylic acid groups (broad SMARTS) is 1. The van der Waals surface area contributed by atoms with E-state index in [2.05, 4.69) is 0 Å². The molecule has 102 valence electrons. The lowest BCUT2D eigenvalue weighted by molar-refractivity contribution is -0.141. The van der Waals surface area contributed by atoms with E-state index in [4.69, 9.17) is 10.2 Å². The minimum Gasteiger partial charge on any atom is -0.480 e. The highest BCUT2D eigenvalue weighted by Gasteiger charge is 2.32. The number of carboxylic acids is 1. The van der Waals surface area contributed by atoms with Crippen molar-refractivity contribution < 1.29 is 36.6 Å². The lowest BCUT2D eigenvalue weighted by Gasteiger charge is -2.17. The van der Waals surface area contributed by atoms with Crippen LogP contribution in [0.3, 0.4) is 0 Å². The average Bonchev–Trinajstić information content (AvgIpc) is 2.09. The van der Waals surface area contributed by atoms with Crippen LogP contribution in [0, 0.1) is 0 Å². The zero-order valence-corrected chi connectivity index (χ0v) is 9.34. The van der Waals surface area contributed by atoms with Crippen LogP contribution in [0.2, 0.25) is 0 Å². The first kappa shape index (κ1) is 16.1. The van der Waals surface area contributed by atoms with Crippen molar-refractivity contribution >= 4 is 16.2 Å². The number of aliphatic carboxylic acids is 1. The Bertz CT molecular complexity index is 366. The summed E-state index contributed by atoms with van der Waals surface area (Å²) in [6.07, 6.45) is -6.37. The summed E-state index contributed by atoms with van der Waals surface area (Å²) >= 11 is 0. The second kappa shape index (κ2) is 5.62. The van der Waals surface area contributed by atoms with Gasteiger partial charge in [0.05, 0.1) is 6.10 Å². The number of halogens is 3. The van der Waals surface area contributed by atoms with Gasteiger partial charge in [-0.1, -0.05) is 0 Å². The second-order valence-corrected chi connectivity index (χ2v) is 4.65. The molecule has 0 fully saturated rings. The van der Waals surface area contributed by atoms with Gasteiger partial charge in [-0.15, -0.1) is 0 Å². The standard InChI is InChI=1S/C6H11F3N2O5S/c1-3(12)4(5(13)14)11-17(15,16)10-2-6(7,8)9/h3-4,10-12H,2H2,1H3,(H,13,14)/t3-,4+/m1/s1. The lowest BCUT2D eigenvalue weighted by Crippen LogP contribution is -2.52. The molecule has 0 unspecified atom stereocenters. The van der Waals surface area contributed by atoms with Crippen molar-refractivity contribution in [1.29, 1.82) is 0 Å². The maximum absolute atomic E-state index is 11.7. The van der Waals surface area contributed by atoms with Crippen molar-refractivity contribution in [1.82, 2.24) is 9.44 Å². The number of nitrogens with one attached hydrogen (secondary N) is 2. The SMILES string of the molecule is C[C@@H](O)[C@H](NS(=O)(=O)NCC(F)(F)F)C(=O)O. The summed E-state index contributed by atoms with van der Waals surface area (Å²) in [4.78, 5) is 10.5. The first-order chi connectivity index (χ1) is 7.44. The first-order valence-electron chi connectivity index (χ1n) is 4.19. The van der Waals surface area contributed by atoms with Gasteiger partial charge in [0.1, 0.15) is 12.6 Å². The Balaban J connectivity index is 4.58. The number of hydrogen-bond acceptors (Lipinski definition) is 4. The molecule has 11 heteroatoms. The van der Waals surface area contributed by atoms with Gasteiger partial charge >= 0.3 is 12.1 Å². The van der Waals surface area contributed by atoms with Gasteiger partial charge in [-0.05, 0) is 6.92 Å². The minimum absolute atomic E-state index is 0.977. The van der Waals surface area contributed by atoms with Crippen LogP contribution in [0.15, 0.2) is 0 Å². The number of aliphatic hydroxyl groups excluding tert-OH is 1. The maximum atomic E-state index is 11.7. The highest BCUT2D eigenvalue weighted by atomic mass is 32.2. The van der Waals surface area contributed by atoms with Crippen molar-refractivity contribution in [2.45, 2.75) is 25.2 Å². The van der Waals surface area contributed by atoms with Gasteiger partial charge in [-0.3, -0.25) is 4.79 Å². The molecule has 7 nitrogen and oxygen atoms in total. The topological polar surface area (TPSA) is 116 Å². The molecule has 0 aliphatic heterocycles. The minimum atomic E-state index is -4.77. The normalized spacial score (nSPS) is 16.5. The molecule has 0 aliphatic carbocycles. The molecular weight excluding hydrogens is 269 g/mol. The lowest BCUT2D eigenvalue weighted by atomic mass is 10.2. The number of aliphatic hydroxyl groups is 1. The highest BCUT2D eigenvalue weighted by molar-refractivity contribution is 7.87. The molecule has 0 aliphatic rings. The molecule has 0 saturated heterocycles.